The number of aliphatic hydroxyl groups is 1. The first-order chi connectivity index (χ1) is 17.9. The highest BCUT2D eigenvalue weighted by atomic mass is 35.5. The van der Waals surface area contributed by atoms with Gasteiger partial charge in [-0.05, 0) is 49.6 Å². The van der Waals surface area contributed by atoms with Crippen LogP contribution in [0.3, 0.4) is 0 Å². The number of benzene rings is 2. The molecule has 3 rings (SSSR count). The number of carbonyl (C=O) groups is 2. The maximum atomic E-state index is 13.7. The van der Waals surface area contributed by atoms with Crippen molar-refractivity contribution in [2.45, 2.75) is 31.8 Å². The first-order valence-electron chi connectivity index (χ1n) is 11.6. The molecule has 2 amide bonds. The molecule has 0 fully saturated rings. The van der Waals surface area contributed by atoms with Gasteiger partial charge in [-0.3, -0.25) is 10.1 Å². The highest BCUT2D eigenvalue weighted by Gasteiger charge is 2.17. The zero-order chi connectivity index (χ0) is 26.6. The van der Waals surface area contributed by atoms with E-state index in [2.05, 4.69) is 21.1 Å². The van der Waals surface area contributed by atoms with Crippen LogP contribution < -0.4 is 16.0 Å². The zero-order valence-electron chi connectivity index (χ0n) is 19.8. The van der Waals surface area contributed by atoms with Gasteiger partial charge in [-0.15, -0.1) is 0 Å². The molecule has 198 valence electrons. The van der Waals surface area contributed by atoms with Crippen molar-refractivity contribution in [3.05, 3.63) is 70.8 Å². The Morgan fingerprint density at radius 3 is 2.68 bits per heavy atom. The first kappa shape index (κ1) is 28.0. The molecule has 3 aromatic rings. The van der Waals surface area contributed by atoms with E-state index in [4.69, 9.17) is 26.0 Å². The topological polar surface area (TPSA) is 126 Å². The predicted octanol–water partition coefficient (Wildman–Crippen LogP) is 4.26. The molecule has 0 saturated carbocycles. The largest absolute Gasteiger partial charge is 0.447 e. The summed E-state index contributed by atoms with van der Waals surface area (Å²) in [6, 6.07) is 11.7. The lowest BCUT2D eigenvalue weighted by Crippen LogP contribution is -2.43. The van der Waals surface area contributed by atoms with Crippen LogP contribution in [0.15, 0.2) is 53.1 Å². The van der Waals surface area contributed by atoms with Crippen molar-refractivity contribution in [1.29, 1.82) is 0 Å². The van der Waals surface area contributed by atoms with Gasteiger partial charge < -0.3 is 25.0 Å². The molecule has 1 atom stereocenters. The van der Waals surface area contributed by atoms with Gasteiger partial charge in [0.1, 0.15) is 6.61 Å². The van der Waals surface area contributed by atoms with Crippen LogP contribution in [-0.2, 0) is 16.1 Å². The molecule has 0 aliphatic heterocycles. The Labute approximate surface area is 217 Å². The normalized spacial score (nSPS) is 11.7. The van der Waals surface area contributed by atoms with Gasteiger partial charge >= 0.3 is 6.09 Å². The van der Waals surface area contributed by atoms with Gasteiger partial charge in [-0.25, -0.2) is 13.6 Å². The van der Waals surface area contributed by atoms with E-state index in [0.717, 1.165) is 11.6 Å². The first-order valence-corrected chi connectivity index (χ1v) is 11.9. The average molecular weight is 537 g/mol. The Morgan fingerprint density at radius 1 is 1.14 bits per heavy atom. The molecule has 0 radical (unpaired) electrons. The van der Waals surface area contributed by atoms with Crippen LogP contribution in [0.5, 0.6) is 0 Å². The Balaban J connectivity index is 1.46. The summed E-state index contributed by atoms with van der Waals surface area (Å²) in [6.45, 7) is -0.347. The van der Waals surface area contributed by atoms with Gasteiger partial charge in [0.15, 0.2) is 23.2 Å². The number of rotatable bonds is 13. The monoisotopic (exact) mass is 536 g/mol. The van der Waals surface area contributed by atoms with Crippen molar-refractivity contribution >= 4 is 29.4 Å². The van der Waals surface area contributed by atoms with Crippen molar-refractivity contribution < 1.29 is 32.7 Å². The van der Waals surface area contributed by atoms with Crippen LogP contribution in [0, 0.1) is 11.6 Å². The SMILES string of the molecule is O=C(CNCc1cccc(F)c1F)N[C@@H](CCCCO)COC(=O)Nc1cc(-c2ccc(Cl)cc2)on1. The minimum atomic E-state index is -0.968. The van der Waals surface area contributed by atoms with E-state index in [1.54, 1.807) is 24.3 Å². The minimum absolute atomic E-state index is 0.00905. The van der Waals surface area contributed by atoms with Crippen molar-refractivity contribution in [2.24, 2.45) is 0 Å². The summed E-state index contributed by atoms with van der Waals surface area (Å²) in [5, 5.41) is 21.3. The molecule has 9 nitrogen and oxygen atoms in total. The maximum Gasteiger partial charge on any atom is 0.412 e. The summed E-state index contributed by atoms with van der Waals surface area (Å²) in [5.41, 5.74) is 0.818. The lowest BCUT2D eigenvalue weighted by atomic mass is 10.1. The van der Waals surface area contributed by atoms with Crippen LogP contribution in [0.2, 0.25) is 5.02 Å². The van der Waals surface area contributed by atoms with Gasteiger partial charge in [0.2, 0.25) is 5.91 Å². The number of nitrogens with zero attached hydrogens (tertiary/aromatic N) is 1. The summed E-state index contributed by atoms with van der Waals surface area (Å²) in [7, 11) is 0. The fourth-order valence-corrected chi connectivity index (χ4v) is 3.50. The van der Waals surface area contributed by atoms with Crippen molar-refractivity contribution in [2.75, 3.05) is 25.1 Å². The molecule has 37 heavy (non-hydrogen) atoms. The molecular weight excluding hydrogens is 510 g/mol. The van der Waals surface area contributed by atoms with E-state index in [1.165, 1.54) is 18.2 Å². The second-order valence-corrected chi connectivity index (χ2v) is 8.54. The van der Waals surface area contributed by atoms with Gasteiger partial charge in [-0.1, -0.05) is 28.9 Å². The van der Waals surface area contributed by atoms with Crippen LogP contribution >= 0.6 is 11.6 Å². The number of aromatic nitrogens is 1. The molecule has 0 bridgehead atoms. The second kappa shape index (κ2) is 14.3. The minimum Gasteiger partial charge on any atom is -0.447 e. The number of anilines is 1. The molecule has 2 aromatic carbocycles. The average Bonchev–Trinajstić information content (AvgIpc) is 3.34. The Hall–Kier alpha value is -3.54. The number of hydrogen-bond acceptors (Lipinski definition) is 7. The van der Waals surface area contributed by atoms with E-state index in [0.29, 0.717) is 30.0 Å². The Bertz CT molecular complexity index is 1180. The molecule has 0 aliphatic carbocycles. The number of aliphatic hydroxyl groups excluding tert-OH is 1. The molecule has 0 saturated heterocycles. The zero-order valence-corrected chi connectivity index (χ0v) is 20.6. The third-order valence-corrected chi connectivity index (χ3v) is 5.50. The van der Waals surface area contributed by atoms with Crippen LogP contribution in [0.1, 0.15) is 24.8 Å². The van der Waals surface area contributed by atoms with Crippen LogP contribution in [-0.4, -0.2) is 48.1 Å². The highest BCUT2D eigenvalue weighted by Crippen LogP contribution is 2.24. The number of halogens is 3. The summed E-state index contributed by atoms with van der Waals surface area (Å²) in [4.78, 5) is 24.6. The number of hydrogen-bond donors (Lipinski definition) is 4. The molecular formula is C25H27ClF2N4O5. The number of nitrogens with one attached hydrogen (secondary N) is 3. The Morgan fingerprint density at radius 2 is 1.92 bits per heavy atom. The second-order valence-electron chi connectivity index (χ2n) is 8.11. The third-order valence-electron chi connectivity index (χ3n) is 5.24. The third kappa shape index (κ3) is 9.12. The molecule has 0 unspecified atom stereocenters. The summed E-state index contributed by atoms with van der Waals surface area (Å²) < 4.78 is 37.5. The van der Waals surface area contributed by atoms with E-state index < -0.39 is 29.7 Å². The van der Waals surface area contributed by atoms with Gasteiger partial charge in [0.05, 0.1) is 12.6 Å². The highest BCUT2D eigenvalue weighted by molar-refractivity contribution is 6.30. The summed E-state index contributed by atoms with van der Waals surface area (Å²) in [5.74, 6) is -1.78. The van der Waals surface area contributed by atoms with Crippen molar-refractivity contribution in [3.8, 4) is 11.3 Å². The van der Waals surface area contributed by atoms with Crippen LogP contribution in [0.25, 0.3) is 11.3 Å². The lowest BCUT2D eigenvalue weighted by molar-refractivity contribution is -0.121. The van der Waals surface area contributed by atoms with E-state index in [-0.39, 0.29) is 37.7 Å². The summed E-state index contributed by atoms with van der Waals surface area (Å²) in [6.07, 6.45) is 0.754. The maximum absolute atomic E-state index is 13.7. The quantitative estimate of drug-likeness (QED) is 0.240. The van der Waals surface area contributed by atoms with Gasteiger partial charge in [-0.2, -0.15) is 0 Å². The van der Waals surface area contributed by atoms with E-state index in [1.807, 2.05) is 0 Å². The molecule has 0 spiro atoms. The van der Waals surface area contributed by atoms with E-state index in [9.17, 15) is 18.4 Å². The molecule has 1 aromatic heterocycles. The number of ether oxygens (including phenoxy) is 1. The fourth-order valence-electron chi connectivity index (χ4n) is 3.38. The number of carbonyl (C=O) groups excluding carboxylic acids is 2. The fraction of sp³-hybridized carbons (Fsp3) is 0.320. The Kier molecular flexibility index (Phi) is 10.8. The molecule has 1 heterocycles. The number of amides is 2. The molecule has 12 heteroatoms. The van der Waals surface area contributed by atoms with Crippen molar-refractivity contribution in [1.82, 2.24) is 15.8 Å². The standard InChI is InChI=1S/C25H27ClF2N4O5/c26-18-9-7-16(8-10-18)21-12-22(32-37-21)31-25(35)36-15-19(5-1-2-11-33)30-23(34)14-29-13-17-4-3-6-20(27)24(17)28/h3-4,6-10,12,19,29,33H,1-2,5,11,13-15H2,(H,30,34)(H,31,32,35)/t19-/m0/s1. The molecule has 0 aliphatic rings. The van der Waals surface area contributed by atoms with Crippen LogP contribution in [0.4, 0.5) is 19.4 Å². The van der Waals surface area contributed by atoms with Gasteiger partial charge in [0.25, 0.3) is 0 Å². The lowest BCUT2D eigenvalue weighted by Gasteiger charge is -2.19. The smallest absolute Gasteiger partial charge is 0.412 e. The van der Waals surface area contributed by atoms with Crippen molar-refractivity contribution in [3.63, 3.8) is 0 Å². The van der Waals surface area contributed by atoms with Gasteiger partial charge in [0, 0.05) is 35.4 Å². The predicted molar refractivity (Wildman–Crippen MR) is 133 cm³/mol. The molecule has 4 N–H and O–H groups in total. The van der Waals surface area contributed by atoms with E-state index >= 15 is 0 Å². The number of unbranched alkanes of at least 4 members (excludes halogenated alkanes) is 1. The summed E-state index contributed by atoms with van der Waals surface area (Å²) >= 11 is 5.88.